The summed E-state index contributed by atoms with van der Waals surface area (Å²) in [5.74, 6) is -0.654. The van der Waals surface area contributed by atoms with Crippen LogP contribution in [0.15, 0.2) is 42.5 Å². The zero-order chi connectivity index (χ0) is 19.4. The Labute approximate surface area is 155 Å². The SMILES string of the molecule is NC(=O)c1ccc([N+](=O)[O-])c(Nc2ccc(N3CC(OCCO)C3)cc2)c1. The molecule has 9 heteroatoms. The van der Waals surface area contributed by atoms with E-state index in [2.05, 4.69) is 10.2 Å². The molecule has 1 heterocycles. The largest absolute Gasteiger partial charge is 0.394 e. The highest BCUT2D eigenvalue weighted by atomic mass is 16.6. The third kappa shape index (κ3) is 4.33. The molecule has 0 radical (unpaired) electrons. The van der Waals surface area contributed by atoms with Gasteiger partial charge >= 0.3 is 0 Å². The lowest BCUT2D eigenvalue weighted by Crippen LogP contribution is -2.52. The third-order valence-electron chi connectivity index (χ3n) is 4.28. The fourth-order valence-electron chi connectivity index (χ4n) is 2.83. The number of nitrogens with two attached hydrogens (primary N) is 1. The number of rotatable bonds is 8. The van der Waals surface area contributed by atoms with E-state index < -0.39 is 10.8 Å². The number of aliphatic hydroxyl groups excluding tert-OH is 1. The molecular weight excluding hydrogens is 352 g/mol. The van der Waals surface area contributed by atoms with Gasteiger partial charge in [0.1, 0.15) is 5.69 Å². The first-order chi connectivity index (χ1) is 13.0. The molecule has 1 fully saturated rings. The van der Waals surface area contributed by atoms with Crippen molar-refractivity contribution in [2.24, 2.45) is 5.73 Å². The van der Waals surface area contributed by atoms with Crippen molar-refractivity contribution in [3.05, 3.63) is 58.1 Å². The van der Waals surface area contributed by atoms with Crippen LogP contribution >= 0.6 is 0 Å². The van der Waals surface area contributed by atoms with Gasteiger partial charge in [-0.3, -0.25) is 14.9 Å². The highest BCUT2D eigenvalue weighted by Gasteiger charge is 2.27. The maximum atomic E-state index is 11.3. The summed E-state index contributed by atoms with van der Waals surface area (Å²) in [7, 11) is 0. The van der Waals surface area contributed by atoms with Gasteiger partial charge in [0.25, 0.3) is 5.69 Å². The summed E-state index contributed by atoms with van der Waals surface area (Å²) in [6, 6.07) is 11.3. The van der Waals surface area contributed by atoms with Gasteiger partial charge in [-0.05, 0) is 36.4 Å². The number of nitrogens with one attached hydrogen (secondary N) is 1. The zero-order valence-corrected chi connectivity index (χ0v) is 14.5. The number of nitro benzene ring substituents is 1. The Morgan fingerprint density at radius 3 is 2.59 bits per heavy atom. The Kier molecular flexibility index (Phi) is 5.53. The average molecular weight is 372 g/mol. The molecular formula is C18H20N4O5. The normalized spacial score (nSPS) is 13.9. The fraction of sp³-hybridized carbons (Fsp3) is 0.278. The van der Waals surface area contributed by atoms with Gasteiger partial charge in [0, 0.05) is 36.1 Å². The average Bonchev–Trinajstić information content (AvgIpc) is 2.61. The van der Waals surface area contributed by atoms with Gasteiger partial charge in [-0.2, -0.15) is 0 Å². The first-order valence-corrected chi connectivity index (χ1v) is 8.40. The summed E-state index contributed by atoms with van der Waals surface area (Å²) < 4.78 is 5.44. The van der Waals surface area contributed by atoms with Crippen LogP contribution in [0.5, 0.6) is 0 Å². The van der Waals surface area contributed by atoms with Gasteiger partial charge in [-0.25, -0.2) is 0 Å². The van der Waals surface area contributed by atoms with Crippen molar-refractivity contribution < 1.29 is 19.6 Å². The van der Waals surface area contributed by atoms with E-state index in [4.69, 9.17) is 15.6 Å². The molecule has 0 saturated carbocycles. The van der Waals surface area contributed by atoms with Crippen LogP contribution in [0.25, 0.3) is 0 Å². The lowest BCUT2D eigenvalue weighted by atomic mass is 10.1. The highest BCUT2D eigenvalue weighted by molar-refractivity contribution is 5.95. The highest BCUT2D eigenvalue weighted by Crippen LogP contribution is 2.30. The minimum Gasteiger partial charge on any atom is -0.394 e. The van der Waals surface area contributed by atoms with Crippen molar-refractivity contribution in [1.82, 2.24) is 0 Å². The number of anilines is 3. The summed E-state index contributed by atoms with van der Waals surface area (Å²) in [5, 5.41) is 22.9. The minimum absolute atomic E-state index is 0.0138. The van der Waals surface area contributed by atoms with Gasteiger partial charge in [-0.15, -0.1) is 0 Å². The Bertz CT molecular complexity index is 834. The first-order valence-electron chi connectivity index (χ1n) is 8.40. The topological polar surface area (TPSA) is 131 Å². The predicted molar refractivity (Wildman–Crippen MR) is 100 cm³/mol. The van der Waals surface area contributed by atoms with Crippen LogP contribution in [0.4, 0.5) is 22.7 Å². The van der Waals surface area contributed by atoms with Crippen LogP contribution in [0.1, 0.15) is 10.4 Å². The van der Waals surface area contributed by atoms with Crippen molar-refractivity contribution >= 4 is 28.7 Å². The number of hydrogen-bond acceptors (Lipinski definition) is 7. The van der Waals surface area contributed by atoms with Crippen LogP contribution in [0.2, 0.25) is 0 Å². The van der Waals surface area contributed by atoms with E-state index in [1.165, 1.54) is 18.2 Å². The van der Waals surface area contributed by atoms with Gasteiger partial charge in [0.05, 0.1) is 24.2 Å². The Balaban J connectivity index is 1.69. The maximum Gasteiger partial charge on any atom is 0.292 e. The molecule has 0 aromatic heterocycles. The molecule has 4 N–H and O–H groups in total. The van der Waals surface area contributed by atoms with Gasteiger partial charge in [0.2, 0.25) is 5.91 Å². The summed E-state index contributed by atoms with van der Waals surface area (Å²) in [6.07, 6.45) is 0.120. The first kappa shape index (κ1) is 18.6. The Morgan fingerprint density at radius 1 is 1.30 bits per heavy atom. The van der Waals surface area contributed by atoms with E-state index in [0.29, 0.717) is 12.3 Å². The summed E-state index contributed by atoms with van der Waals surface area (Å²) in [4.78, 5) is 24.1. The molecule has 1 saturated heterocycles. The van der Waals surface area contributed by atoms with Crippen LogP contribution < -0.4 is 16.0 Å². The molecule has 2 aromatic carbocycles. The van der Waals surface area contributed by atoms with Crippen LogP contribution in [-0.4, -0.2) is 48.3 Å². The fourth-order valence-corrected chi connectivity index (χ4v) is 2.83. The molecule has 2 aromatic rings. The monoisotopic (exact) mass is 372 g/mol. The number of benzene rings is 2. The van der Waals surface area contributed by atoms with Crippen LogP contribution in [0, 0.1) is 10.1 Å². The second-order valence-corrected chi connectivity index (χ2v) is 6.15. The van der Waals surface area contributed by atoms with Gasteiger partial charge in [0.15, 0.2) is 0 Å². The number of ether oxygens (including phenoxy) is 1. The number of primary amides is 1. The molecule has 0 aliphatic carbocycles. The number of carbonyl (C=O) groups excluding carboxylic acids is 1. The van der Waals surface area contributed by atoms with E-state index in [1.807, 2.05) is 12.1 Å². The molecule has 1 aliphatic heterocycles. The van der Waals surface area contributed by atoms with Crippen molar-refractivity contribution in [3.8, 4) is 0 Å². The summed E-state index contributed by atoms with van der Waals surface area (Å²) >= 11 is 0. The minimum atomic E-state index is -0.654. The molecule has 3 rings (SSSR count). The predicted octanol–water partition coefficient (Wildman–Crippen LogP) is 1.63. The Hall–Kier alpha value is -3.17. The molecule has 1 amide bonds. The number of amides is 1. The lowest BCUT2D eigenvalue weighted by molar-refractivity contribution is -0.383. The molecule has 27 heavy (non-hydrogen) atoms. The number of aliphatic hydroxyl groups is 1. The van der Waals surface area contributed by atoms with Crippen molar-refractivity contribution in [1.29, 1.82) is 0 Å². The van der Waals surface area contributed by atoms with Crippen molar-refractivity contribution in [2.75, 3.05) is 36.5 Å². The van der Waals surface area contributed by atoms with Crippen LogP contribution in [-0.2, 0) is 4.74 Å². The quantitative estimate of drug-likeness (QED) is 0.474. The van der Waals surface area contributed by atoms with Crippen molar-refractivity contribution in [2.45, 2.75) is 6.10 Å². The van der Waals surface area contributed by atoms with Crippen molar-refractivity contribution in [3.63, 3.8) is 0 Å². The summed E-state index contributed by atoms with van der Waals surface area (Å²) in [6.45, 7) is 1.85. The molecule has 0 unspecified atom stereocenters. The van der Waals surface area contributed by atoms with E-state index >= 15 is 0 Å². The molecule has 0 atom stereocenters. The van der Waals surface area contributed by atoms with E-state index in [-0.39, 0.29) is 29.6 Å². The smallest absolute Gasteiger partial charge is 0.292 e. The van der Waals surface area contributed by atoms with E-state index in [0.717, 1.165) is 18.8 Å². The lowest BCUT2D eigenvalue weighted by Gasteiger charge is -2.40. The Morgan fingerprint density at radius 2 is 2.00 bits per heavy atom. The second kappa shape index (κ2) is 8.02. The van der Waals surface area contributed by atoms with E-state index in [9.17, 15) is 14.9 Å². The molecule has 142 valence electrons. The molecule has 1 aliphatic rings. The maximum absolute atomic E-state index is 11.3. The molecule has 0 spiro atoms. The van der Waals surface area contributed by atoms with E-state index in [1.54, 1.807) is 12.1 Å². The summed E-state index contributed by atoms with van der Waals surface area (Å²) in [5.41, 5.74) is 7.15. The van der Waals surface area contributed by atoms with Gasteiger partial charge < -0.3 is 25.8 Å². The number of hydrogen-bond donors (Lipinski definition) is 3. The number of nitro groups is 1. The standard InChI is InChI=1S/C18H20N4O5/c19-18(24)12-1-6-17(22(25)26)16(9-12)20-13-2-4-14(5-3-13)21-10-15(11-21)27-8-7-23/h1-6,9,15,20,23H,7-8,10-11H2,(H2,19,24). The number of carbonyl (C=O) groups is 1. The third-order valence-corrected chi connectivity index (χ3v) is 4.28. The zero-order valence-electron chi connectivity index (χ0n) is 14.5. The number of nitrogens with zero attached hydrogens (tertiary/aromatic N) is 2. The van der Waals surface area contributed by atoms with Crippen LogP contribution in [0.3, 0.4) is 0 Å². The molecule has 9 nitrogen and oxygen atoms in total. The second-order valence-electron chi connectivity index (χ2n) is 6.15. The van der Waals surface area contributed by atoms with Gasteiger partial charge in [-0.1, -0.05) is 0 Å². The molecule has 0 bridgehead atoms.